The van der Waals surface area contributed by atoms with Crippen molar-refractivity contribution in [3.63, 3.8) is 0 Å². The van der Waals surface area contributed by atoms with Crippen LogP contribution in [0.5, 0.6) is 11.5 Å². The third-order valence-corrected chi connectivity index (χ3v) is 2.92. The zero-order chi connectivity index (χ0) is 10.7. The molecule has 0 aromatic heterocycles. The van der Waals surface area contributed by atoms with Gasteiger partial charge < -0.3 is 4.74 Å². The predicted octanol–water partition coefficient (Wildman–Crippen LogP) is 5.43. The van der Waals surface area contributed by atoms with Crippen molar-refractivity contribution in [1.29, 1.82) is 0 Å². The molecule has 0 aliphatic rings. The summed E-state index contributed by atoms with van der Waals surface area (Å²) in [5, 5.41) is 0. The van der Waals surface area contributed by atoms with Gasteiger partial charge in [0.1, 0.15) is 11.5 Å². The third-order valence-electron chi connectivity index (χ3n) is 1.86. The summed E-state index contributed by atoms with van der Waals surface area (Å²) in [7, 11) is 0. The van der Waals surface area contributed by atoms with Crippen molar-refractivity contribution >= 4 is 44.3 Å². The minimum atomic E-state index is 0. The van der Waals surface area contributed by atoms with Crippen LogP contribution in [-0.2, 0) is 0 Å². The quantitative estimate of drug-likeness (QED) is 0.691. The van der Waals surface area contributed by atoms with Crippen molar-refractivity contribution in [3.8, 4) is 11.5 Å². The predicted molar refractivity (Wildman–Crippen MR) is 75.6 cm³/mol. The van der Waals surface area contributed by atoms with Crippen LogP contribution in [0.2, 0.25) is 0 Å². The Hall–Kier alpha value is -0.510. The summed E-state index contributed by atoms with van der Waals surface area (Å²) >= 11 is 6.76. The molecule has 0 saturated heterocycles. The topological polar surface area (TPSA) is 9.23 Å². The van der Waals surface area contributed by atoms with Crippen molar-refractivity contribution in [3.05, 3.63) is 57.5 Å². The van der Waals surface area contributed by atoms with Crippen molar-refractivity contribution in [2.45, 2.75) is 0 Å². The fourth-order valence-electron chi connectivity index (χ4n) is 1.14. The molecule has 1 nitrogen and oxygen atoms in total. The molecular formula is C12H9Br2ClO. The van der Waals surface area contributed by atoms with Gasteiger partial charge in [0.25, 0.3) is 0 Å². The van der Waals surface area contributed by atoms with E-state index in [1.54, 1.807) is 0 Å². The van der Waals surface area contributed by atoms with E-state index in [0.29, 0.717) is 0 Å². The summed E-state index contributed by atoms with van der Waals surface area (Å²) < 4.78 is 7.74. The van der Waals surface area contributed by atoms with Gasteiger partial charge in [-0.2, -0.15) is 0 Å². The second-order valence-corrected chi connectivity index (χ2v) is 4.84. The monoisotopic (exact) mass is 362 g/mol. The van der Waals surface area contributed by atoms with E-state index < -0.39 is 0 Å². The normalized spacial score (nSPS) is 9.38. The molecule has 0 amide bonds. The second kappa shape index (κ2) is 6.28. The van der Waals surface area contributed by atoms with Gasteiger partial charge in [-0.05, 0) is 48.5 Å². The first-order valence-electron chi connectivity index (χ1n) is 4.43. The second-order valence-electron chi connectivity index (χ2n) is 3.01. The molecule has 0 fully saturated rings. The Balaban J connectivity index is 0.00000128. The molecule has 0 N–H and O–H groups in total. The Morgan fingerprint density at radius 3 is 1.25 bits per heavy atom. The lowest BCUT2D eigenvalue weighted by atomic mass is 10.3. The Kier molecular flexibility index (Phi) is 5.32. The largest absolute Gasteiger partial charge is 0.457 e. The van der Waals surface area contributed by atoms with Gasteiger partial charge in [-0.1, -0.05) is 31.9 Å². The van der Waals surface area contributed by atoms with Crippen molar-refractivity contribution in [2.75, 3.05) is 0 Å². The van der Waals surface area contributed by atoms with Crippen molar-refractivity contribution in [2.24, 2.45) is 0 Å². The zero-order valence-corrected chi connectivity index (χ0v) is 12.2. The van der Waals surface area contributed by atoms with Crippen molar-refractivity contribution < 1.29 is 4.74 Å². The maximum Gasteiger partial charge on any atom is 0.127 e. The smallest absolute Gasteiger partial charge is 0.127 e. The molecule has 16 heavy (non-hydrogen) atoms. The Morgan fingerprint density at radius 2 is 0.938 bits per heavy atom. The van der Waals surface area contributed by atoms with Gasteiger partial charge in [-0.15, -0.1) is 12.4 Å². The van der Waals surface area contributed by atoms with Crippen LogP contribution < -0.4 is 4.74 Å². The lowest BCUT2D eigenvalue weighted by Gasteiger charge is -2.05. The Morgan fingerprint density at radius 1 is 0.625 bits per heavy atom. The van der Waals surface area contributed by atoms with Crippen LogP contribution in [-0.4, -0.2) is 0 Å². The molecule has 0 radical (unpaired) electrons. The number of benzene rings is 2. The maximum absolute atomic E-state index is 5.65. The molecule has 0 atom stereocenters. The number of halogens is 3. The molecular weight excluding hydrogens is 355 g/mol. The fraction of sp³-hybridized carbons (Fsp3) is 0. The first kappa shape index (κ1) is 13.6. The van der Waals surface area contributed by atoms with E-state index in [1.165, 1.54) is 0 Å². The van der Waals surface area contributed by atoms with Gasteiger partial charge >= 0.3 is 0 Å². The van der Waals surface area contributed by atoms with Crippen LogP contribution in [0.25, 0.3) is 0 Å². The average Bonchev–Trinajstić information content (AvgIpc) is 2.25. The number of hydrogen-bond donors (Lipinski definition) is 0. The molecule has 0 bridgehead atoms. The first-order chi connectivity index (χ1) is 7.24. The van der Waals surface area contributed by atoms with Gasteiger partial charge in [0, 0.05) is 8.95 Å². The number of rotatable bonds is 2. The lowest BCUT2D eigenvalue weighted by molar-refractivity contribution is 0.482. The Bertz CT molecular complexity index is 396. The van der Waals surface area contributed by atoms with Gasteiger partial charge in [0.15, 0.2) is 0 Å². The van der Waals surface area contributed by atoms with Crippen LogP contribution in [0.1, 0.15) is 0 Å². The fourth-order valence-corrected chi connectivity index (χ4v) is 1.67. The van der Waals surface area contributed by atoms with Crippen LogP contribution in [0.4, 0.5) is 0 Å². The molecule has 0 aliphatic carbocycles. The Labute approximate surface area is 117 Å². The maximum atomic E-state index is 5.65. The van der Waals surface area contributed by atoms with E-state index in [9.17, 15) is 0 Å². The summed E-state index contributed by atoms with van der Waals surface area (Å²) in [4.78, 5) is 0. The molecule has 0 spiro atoms. The van der Waals surface area contributed by atoms with E-state index in [4.69, 9.17) is 4.74 Å². The SMILES string of the molecule is Brc1ccc(Oc2ccc(Br)cc2)cc1.Cl. The highest BCUT2D eigenvalue weighted by atomic mass is 79.9. The number of ether oxygens (including phenoxy) is 1. The van der Waals surface area contributed by atoms with Gasteiger partial charge in [-0.25, -0.2) is 0 Å². The van der Waals surface area contributed by atoms with E-state index in [0.717, 1.165) is 20.4 Å². The number of hydrogen-bond acceptors (Lipinski definition) is 1. The molecule has 2 aromatic rings. The molecule has 2 rings (SSSR count). The van der Waals surface area contributed by atoms with Crippen LogP contribution in [0.15, 0.2) is 57.5 Å². The zero-order valence-electron chi connectivity index (χ0n) is 8.19. The molecule has 0 aliphatic heterocycles. The molecule has 0 heterocycles. The van der Waals surface area contributed by atoms with Gasteiger partial charge in [-0.3, -0.25) is 0 Å². The molecule has 4 heteroatoms. The van der Waals surface area contributed by atoms with E-state index >= 15 is 0 Å². The van der Waals surface area contributed by atoms with E-state index in [2.05, 4.69) is 31.9 Å². The van der Waals surface area contributed by atoms with Crippen LogP contribution in [0.3, 0.4) is 0 Å². The summed E-state index contributed by atoms with van der Waals surface area (Å²) in [5.74, 6) is 1.67. The minimum absolute atomic E-state index is 0. The lowest BCUT2D eigenvalue weighted by Crippen LogP contribution is -1.82. The highest BCUT2D eigenvalue weighted by Crippen LogP contribution is 2.24. The van der Waals surface area contributed by atoms with Gasteiger partial charge in [0.05, 0.1) is 0 Å². The third kappa shape index (κ3) is 3.81. The summed E-state index contributed by atoms with van der Waals surface area (Å²) in [6, 6.07) is 15.5. The van der Waals surface area contributed by atoms with Gasteiger partial charge in [0.2, 0.25) is 0 Å². The summed E-state index contributed by atoms with van der Waals surface area (Å²) in [5.41, 5.74) is 0. The molecule has 84 valence electrons. The summed E-state index contributed by atoms with van der Waals surface area (Å²) in [6.45, 7) is 0. The van der Waals surface area contributed by atoms with E-state index in [1.807, 2.05) is 48.5 Å². The first-order valence-corrected chi connectivity index (χ1v) is 6.01. The molecule has 2 aromatic carbocycles. The minimum Gasteiger partial charge on any atom is -0.457 e. The highest BCUT2D eigenvalue weighted by molar-refractivity contribution is 9.10. The average molecular weight is 364 g/mol. The van der Waals surface area contributed by atoms with E-state index in [-0.39, 0.29) is 12.4 Å². The van der Waals surface area contributed by atoms with Crippen LogP contribution in [0, 0.1) is 0 Å². The van der Waals surface area contributed by atoms with Crippen molar-refractivity contribution in [1.82, 2.24) is 0 Å². The highest BCUT2D eigenvalue weighted by Gasteiger charge is 1.96. The standard InChI is InChI=1S/C12H8Br2O.ClH/c13-9-1-5-11(6-2-9)15-12-7-3-10(14)4-8-12;/h1-8H;1H. The summed E-state index contributed by atoms with van der Waals surface area (Å²) in [6.07, 6.45) is 0. The molecule has 0 unspecified atom stereocenters. The molecule has 0 saturated carbocycles. The van der Waals surface area contributed by atoms with Crippen LogP contribution >= 0.6 is 44.3 Å².